The monoisotopic (exact) mass is 280 g/mol. The lowest BCUT2D eigenvalue weighted by molar-refractivity contribution is -0.122. The van der Waals surface area contributed by atoms with Gasteiger partial charge in [0, 0.05) is 5.92 Å². The number of hydrogen-bond donors (Lipinski definition) is 2. The molecule has 0 aliphatic heterocycles. The zero-order chi connectivity index (χ0) is 14.7. The van der Waals surface area contributed by atoms with Crippen LogP contribution in [0.25, 0.3) is 0 Å². The maximum Gasteiger partial charge on any atom is 0.243 e. The fourth-order valence-electron chi connectivity index (χ4n) is 2.37. The molecule has 2 N–H and O–H groups in total. The first-order valence-corrected chi connectivity index (χ1v) is 6.91. The van der Waals surface area contributed by atoms with E-state index in [4.69, 9.17) is 0 Å². The van der Waals surface area contributed by atoms with Crippen LogP contribution in [0.4, 0.5) is 0 Å². The van der Waals surface area contributed by atoms with E-state index in [2.05, 4.69) is 22.7 Å². The highest BCUT2D eigenvalue weighted by atomic mass is 16.3. The van der Waals surface area contributed by atoms with Gasteiger partial charge in [-0.2, -0.15) is 5.10 Å². The van der Waals surface area contributed by atoms with Gasteiger partial charge in [-0.25, -0.2) is 5.43 Å². The molecule has 2 atom stereocenters. The van der Waals surface area contributed by atoms with Gasteiger partial charge >= 0.3 is 0 Å². The number of nitrogens with one attached hydrogen (secondary N) is 1. The second kappa shape index (κ2) is 5.79. The van der Waals surface area contributed by atoms with Gasteiger partial charge in [0.05, 0.1) is 6.21 Å². The Bertz CT molecular complexity index is 650. The molecule has 2 aromatic rings. The van der Waals surface area contributed by atoms with Gasteiger partial charge in [0.2, 0.25) is 5.91 Å². The number of nitrogens with zero attached hydrogens (tertiary/aromatic N) is 1. The standard InChI is InChI=1S/C17H16N2O2/c20-14-8-6-12(7-9-14)11-18-19-17(21)16-10-15(16)13-4-2-1-3-5-13/h1-9,11,15-16,20H,10H2,(H,19,21)/b18-11+/t15-,16+/m1/s1. The summed E-state index contributed by atoms with van der Waals surface area (Å²) in [6.07, 6.45) is 2.45. The smallest absolute Gasteiger partial charge is 0.243 e. The van der Waals surface area contributed by atoms with E-state index in [9.17, 15) is 9.90 Å². The number of hydrazone groups is 1. The van der Waals surface area contributed by atoms with E-state index in [0.29, 0.717) is 5.92 Å². The van der Waals surface area contributed by atoms with E-state index in [1.165, 1.54) is 5.56 Å². The normalized spacial score (nSPS) is 20.4. The van der Waals surface area contributed by atoms with Gasteiger partial charge in [-0.3, -0.25) is 4.79 Å². The van der Waals surface area contributed by atoms with Crippen molar-refractivity contribution in [1.29, 1.82) is 0 Å². The van der Waals surface area contributed by atoms with Crippen LogP contribution in [0.2, 0.25) is 0 Å². The second-order valence-corrected chi connectivity index (χ2v) is 5.19. The number of hydrogen-bond acceptors (Lipinski definition) is 3. The van der Waals surface area contributed by atoms with Gasteiger partial charge in [0.15, 0.2) is 0 Å². The third-order valence-corrected chi connectivity index (χ3v) is 3.64. The van der Waals surface area contributed by atoms with Gasteiger partial charge in [-0.05, 0) is 47.7 Å². The number of carbonyl (C=O) groups is 1. The molecule has 0 heterocycles. The van der Waals surface area contributed by atoms with Crippen molar-refractivity contribution in [3.05, 3.63) is 65.7 Å². The number of rotatable bonds is 4. The molecule has 4 heteroatoms. The lowest BCUT2D eigenvalue weighted by Crippen LogP contribution is -2.20. The number of carbonyl (C=O) groups excluding carboxylic acids is 1. The molecule has 2 aromatic carbocycles. The maximum atomic E-state index is 12.0. The largest absolute Gasteiger partial charge is 0.508 e. The Hall–Kier alpha value is -2.62. The van der Waals surface area contributed by atoms with E-state index in [-0.39, 0.29) is 17.6 Å². The zero-order valence-electron chi connectivity index (χ0n) is 11.4. The summed E-state index contributed by atoms with van der Waals surface area (Å²) in [6.45, 7) is 0. The first-order chi connectivity index (χ1) is 10.2. The number of benzene rings is 2. The molecule has 0 aromatic heterocycles. The zero-order valence-corrected chi connectivity index (χ0v) is 11.4. The summed E-state index contributed by atoms with van der Waals surface area (Å²) in [7, 11) is 0. The fraction of sp³-hybridized carbons (Fsp3) is 0.176. The van der Waals surface area contributed by atoms with Crippen molar-refractivity contribution in [2.45, 2.75) is 12.3 Å². The predicted molar refractivity (Wildman–Crippen MR) is 81.1 cm³/mol. The van der Waals surface area contributed by atoms with E-state index >= 15 is 0 Å². The average molecular weight is 280 g/mol. The Labute approximate surface area is 123 Å². The lowest BCUT2D eigenvalue weighted by Gasteiger charge is -2.00. The Kier molecular flexibility index (Phi) is 3.69. The molecule has 0 unspecified atom stereocenters. The molecular formula is C17H16N2O2. The van der Waals surface area contributed by atoms with Crippen molar-refractivity contribution in [2.24, 2.45) is 11.0 Å². The molecule has 106 valence electrons. The summed E-state index contributed by atoms with van der Waals surface area (Å²) < 4.78 is 0. The van der Waals surface area contributed by atoms with Crippen LogP contribution in [0.3, 0.4) is 0 Å². The van der Waals surface area contributed by atoms with Crippen molar-refractivity contribution in [1.82, 2.24) is 5.43 Å². The van der Waals surface area contributed by atoms with E-state index in [1.54, 1.807) is 30.5 Å². The molecule has 1 amide bonds. The summed E-state index contributed by atoms with van der Waals surface area (Å²) in [5.41, 5.74) is 4.61. The molecule has 0 bridgehead atoms. The number of phenols is 1. The molecule has 21 heavy (non-hydrogen) atoms. The molecule has 1 fully saturated rings. The fourth-order valence-corrected chi connectivity index (χ4v) is 2.37. The SMILES string of the molecule is O=C(N/N=C/c1ccc(O)cc1)[C@H]1C[C@@H]1c1ccccc1. The van der Waals surface area contributed by atoms with Gasteiger partial charge in [-0.1, -0.05) is 30.3 Å². The van der Waals surface area contributed by atoms with Crippen molar-refractivity contribution < 1.29 is 9.90 Å². The highest BCUT2D eigenvalue weighted by Gasteiger charge is 2.43. The summed E-state index contributed by atoms with van der Waals surface area (Å²) >= 11 is 0. The third-order valence-electron chi connectivity index (χ3n) is 3.64. The second-order valence-electron chi connectivity index (χ2n) is 5.19. The molecule has 0 saturated heterocycles. The maximum absolute atomic E-state index is 12.0. The number of amides is 1. The van der Waals surface area contributed by atoms with Crippen LogP contribution < -0.4 is 5.43 Å². The van der Waals surface area contributed by atoms with Crippen LogP contribution in [0.5, 0.6) is 5.75 Å². The van der Waals surface area contributed by atoms with Crippen molar-refractivity contribution >= 4 is 12.1 Å². The van der Waals surface area contributed by atoms with Crippen molar-refractivity contribution in [2.75, 3.05) is 0 Å². The van der Waals surface area contributed by atoms with Crippen LogP contribution in [0.15, 0.2) is 59.7 Å². The molecular weight excluding hydrogens is 264 g/mol. The van der Waals surface area contributed by atoms with Crippen LogP contribution in [0, 0.1) is 5.92 Å². The van der Waals surface area contributed by atoms with Crippen molar-refractivity contribution in [3.63, 3.8) is 0 Å². The van der Waals surface area contributed by atoms with Crippen molar-refractivity contribution in [3.8, 4) is 5.75 Å². The van der Waals surface area contributed by atoms with Gasteiger partial charge in [0.1, 0.15) is 5.75 Å². The minimum absolute atomic E-state index is 0.0179. The summed E-state index contributed by atoms with van der Waals surface area (Å²) in [5, 5.41) is 13.1. The Morgan fingerprint density at radius 2 is 1.86 bits per heavy atom. The number of aromatic hydroxyl groups is 1. The summed E-state index contributed by atoms with van der Waals surface area (Å²) in [6, 6.07) is 16.7. The minimum atomic E-state index is -0.0427. The molecule has 4 nitrogen and oxygen atoms in total. The molecule has 0 spiro atoms. The van der Waals surface area contributed by atoms with Gasteiger partial charge in [-0.15, -0.1) is 0 Å². The highest BCUT2D eigenvalue weighted by Crippen LogP contribution is 2.47. The molecule has 1 aliphatic carbocycles. The van der Waals surface area contributed by atoms with Crippen LogP contribution in [-0.4, -0.2) is 17.2 Å². The molecule has 3 rings (SSSR count). The van der Waals surface area contributed by atoms with E-state index in [0.717, 1.165) is 12.0 Å². The lowest BCUT2D eigenvalue weighted by atomic mass is 10.1. The van der Waals surface area contributed by atoms with E-state index < -0.39 is 0 Å². The van der Waals surface area contributed by atoms with Gasteiger partial charge < -0.3 is 5.11 Å². The summed E-state index contributed by atoms with van der Waals surface area (Å²) in [5.74, 6) is 0.498. The third kappa shape index (κ3) is 3.28. The molecule has 1 aliphatic rings. The molecule has 0 radical (unpaired) electrons. The highest BCUT2D eigenvalue weighted by molar-refractivity contribution is 5.85. The minimum Gasteiger partial charge on any atom is -0.508 e. The van der Waals surface area contributed by atoms with Crippen LogP contribution in [-0.2, 0) is 4.79 Å². The first kappa shape index (κ1) is 13.4. The topological polar surface area (TPSA) is 61.7 Å². The van der Waals surface area contributed by atoms with Crippen LogP contribution >= 0.6 is 0 Å². The van der Waals surface area contributed by atoms with E-state index in [1.807, 2.05) is 18.2 Å². The average Bonchev–Trinajstić information content (AvgIpc) is 3.31. The first-order valence-electron chi connectivity index (χ1n) is 6.91. The van der Waals surface area contributed by atoms with Crippen LogP contribution in [0.1, 0.15) is 23.5 Å². The quantitative estimate of drug-likeness (QED) is 0.668. The Balaban J connectivity index is 1.53. The molecule has 1 saturated carbocycles. The number of phenolic OH excluding ortho intramolecular Hbond substituents is 1. The predicted octanol–water partition coefficient (Wildman–Crippen LogP) is 2.65. The Morgan fingerprint density at radius 3 is 2.57 bits per heavy atom. The summed E-state index contributed by atoms with van der Waals surface area (Å²) in [4.78, 5) is 12.0. The van der Waals surface area contributed by atoms with Gasteiger partial charge in [0.25, 0.3) is 0 Å². The Morgan fingerprint density at radius 1 is 1.14 bits per heavy atom.